The molecule has 2 saturated heterocycles. The Morgan fingerprint density at radius 1 is 0.903 bits per heavy atom. The van der Waals surface area contributed by atoms with Crippen LogP contribution in [-0.2, 0) is 11.3 Å². The summed E-state index contributed by atoms with van der Waals surface area (Å²) in [7, 11) is 0. The van der Waals surface area contributed by atoms with Crippen molar-refractivity contribution >= 4 is 28.8 Å². The number of morpholine rings is 1. The van der Waals surface area contributed by atoms with Crippen molar-refractivity contribution in [2.24, 2.45) is 0 Å². The van der Waals surface area contributed by atoms with Gasteiger partial charge in [-0.05, 0) is 31.0 Å². The number of hydrogen-bond acceptors (Lipinski definition) is 9. The van der Waals surface area contributed by atoms with E-state index in [4.69, 9.17) is 9.72 Å². The first-order valence-corrected chi connectivity index (χ1v) is 10.6. The Kier molecular flexibility index (Phi) is 5.53. The van der Waals surface area contributed by atoms with Gasteiger partial charge in [-0.1, -0.05) is 0 Å². The second kappa shape index (κ2) is 8.76. The molecular weight excluding hydrogens is 396 g/mol. The van der Waals surface area contributed by atoms with Crippen molar-refractivity contribution in [2.75, 3.05) is 49.2 Å². The van der Waals surface area contributed by atoms with E-state index in [1.54, 1.807) is 30.6 Å². The fourth-order valence-electron chi connectivity index (χ4n) is 3.80. The van der Waals surface area contributed by atoms with Gasteiger partial charge in [0.25, 0.3) is 5.91 Å². The van der Waals surface area contributed by atoms with Gasteiger partial charge in [-0.15, -0.1) is 0 Å². The summed E-state index contributed by atoms with van der Waals surface area (Å²) in [6.45, 7) is 4.90. The summed E-state index contributed by atoms with van der Waals surface area (Å²) >= 11 is 0. The van der Waals surface area contributed by atoms with Crippen LogP contribution in [0.2, 0.25) is 0 Å². The van der Waals surface area contributed by atoms with Gasteiger partial charge < -0.3 is 19.9 Å². The molecule has 0 saturated carbocycles. The van der Waals surface area contributed by atoms with E-state index in [-0.39, 0.29) is 12.5 Å². The molecule has 2 aromatic heterocycles. The number of rotatable bonds is 5. The van der Waals surface area contributed by atoms with Crippen LogP contribution in [0.3, 0.4) is 0 Å². The molecule has 160 valence electrons. The minimum atomic E-state index is -0.205. The van der Waals surface area contributed by atoms with Gasteiger partial charge in [0.05, 0.1) is 30.8 Å². The SMILES string of the molecule is O=C(NCc1nc(N2CCCC2)nc(N2CCOCC2)n1)c1ccc2nccnc2c1. The molecule has 1 N–H and O–H groups in total. The van der Waals surface area contributed by atoms with E-state index in [0.29, 0.717) is 42.0 Å². The molecule has 0 bridgehead atoms. The van der Waals surface area contributed by atoms with Crippen molar-refractivity contribution in [3.8, 4) is 0 Å². The molecule has 2 aliphatic heterocycles. The average Bonchev–Trinajstić information content (AvgIpc) is 3.38. The number of amides is 1. The van der Waals surface area contributed by atoms with E-state index < -0.39 is 0 Å². The van der Waals surface area contributed by atoms with E-state index in [2.05, 4.69) is 35.1 Å². The van der Waals surface area contributed by atoms with E-state index >= 15 is 0 Å². The van der Waals surface area contributed by atoms with Gasteiger partial charge in [-0.2, -0.15) is 15.0 Å². The summed E-state index contributed by atoms with van der Waals surface area (Å²) in [5, 5.41) is 2.93. The van der Waals surface area contributed by atoms with Crippen molar-refractivity contribution in [3.05, 3.63) is 42.0 Å². The number of hydrogen-bond donors (Lipinski definition) is 1. The highest BCUT2D eigenvalue weighted by Crippen LogP contribution is 2.19. The Morgan fingerprint density at radius 3 is 2.32 bits per heavy atom. The number of carbonyl (C=O) groups excluding carboxylic acids is 1. The normalized spacial score (nSPS) is 16.6. The first-order chi connectivity index (χ1) is 15.3. The van der Waals surface area contributed by atoms with Crippen molar-refractivity contribution in [1.29, 1.82) is 0 Å². The molecule has 1 aromatic carbocycles. The molecule has 0 atom stereocenters. The summed E-state index contributed by atoms with van der Waals surface area (Å²) in [5.74, 6) is 1.67. The van der Waals surface area contributed by atoms with Gasteiger partial charge in [0.1, 0.15) is 0 Å². The summed E-state index contributed by atoms with van der Waals surface area (Å²) < 4.78 is 5.45. The molecule has 2 aliphatic rings. The van der Waals surface area contributed by atoms with Crippen LogP contribution in [0, 0.1) is 0 Å². The Hall–Kier alpha value is -3.40. The molecule has 0 spiro atoms. The number of ether oxygens (including phenoxy) is 1. The third kappa shape index (κ3) is 4.38. The standard InChI is InChI=1S/C21H24N8O2/c30-19(15-3-4-16-17(13-15)23-6-5-22-16)24-14-18-25-20(28-7-1-2-8-28)27-21(26-18)29-9-11-31-12-10-29/h3-6,13H,1-2,7-12,14H2,(H,24,30). The lowest BCUT2D eigenvalue weighted by Gasteiger charge is -2.28. The maximum Gasteiger partial charge on any atom is 0.251 e. The van der Waals surface area contributed by atoms with Gasteiger partial charge in [0.2, 0.25) is 11.9 Å². The van der Waals surface area contributed by atoms with Crippen molar-refractivity contribution in [1.82, 2.24) is 30.2 Å². The highest BCUT2D eigenvalue weighted by atomic mass is 16.5. The van der Waals surface area contributed by atoms with E-state index in [9.17, 15) is 4.79 Å². The quantitative estimate of drug-likeness (QED) is 0.651. The average molecular weight is 420 g/mol. The molecule has 0 aliphatic carbocycles. The fourth-order valence-corrected chi connectivity index (χ4v) is 3.80. The summed E-state index contributed by atoms with van der Waals surface area (Å²) in [5.41, 5.74) is 1.96. The van der Waals surface area contributed by atoms with Gasteiger partial charge >= 0.3 is 0 Å². The molecule has 10 nitrogen and oxygen atoms in total. The molecule has 4 heterocycles. The molecule has 10 heteroatoms. The van der Waals surface area contributed by atoms with Gasteiger partial charge in [0, 0.05) is 44.1 Å². The van der Waals surface area contributed by atoms with Gasteiger partial charge in [-0.3, -0.25) is 14.8 Å². The van der Waals surface area contributed by atoms with E-state index in [1.807, 2.05) is 0 Å². The van der Waals surface area contributed by atoms with Crippen molar-refractivity contribution < 1.29 is 9.53 Å². The van der Waals surface area contributed by atoms with Crippen LogP contribution in [0.4, 0.5) is 11.9 Å². The van der Waals surface area contributed by atoms with Crippen LogP contribution in [0.1, 0.15) is 29.0 Å². The summed E-state index contributed by atoms with van der Waals surface area (Å²) in [6, 6.07) is 5.27. The van der Waals surface area contributed by atoms with Crippen LogP contribution < -0.4 is 15.1 Å². The second-order valence-electron chi connectivity index (χ2n) is 7.59. The number of fused-ring (bicyclic) bond motifs is 1. The zero-order valence-electron chi connectivity index (χ0n) is 17.2. The topological polar surface area (TPSA) is 109 Å². The fraction of sp³-hybridized carbons (Fsp3) is 0.429. The minimum Gasteiger partial charge on any atom is -0.378 e. The number of benzene rings is 1. The zero-order chi connectivity index (χ0) is 21.0. The lowest BCUT2D eigenvalue weighted by atomic mass is 10.2. The lowest BCUT2D eigenvalue weighted by molar-refractivity contribution is 0.0950. The van der Waals surface area contributed by atoms with Gasteiger partial charge in [0.15, 0.2) is 5.82 Å². The first-order valence-electron chi connectivity index (χ1n) is 10.6. The largest absolute Gasteiger partial charge is 0.378 e. The van der Waals surface area contributed by atoms with Crippen LogP contribution in [0.25, 0.3) is 11.0 Å². The molecule has 3 aromatic rings. The molecule has 5 rings (SSSR count). The number of anilines is 2. The monoisotopic (exact) mass is 420 g/mol. The number of aromatic nitrogens is 5. The van der Waals surface area contributed by atoms with Crippen LogP contribution in [0.15, 0.2) is 30.6 Å². The zero-order valence-corrected chi connectivity index (χ0v) is 17.2. The van der Waals surface area contributed by atoms with E-state index in [0.717, 1.165) is 44.5 Å². The minimum absolute atomic E-state index is 0.205. The van der Waals surface area contributed by atoms with Crippen molar-refractivity contribution in [2.45, 2.75) is 19.4 Å². The summed E-state index contributed by atoms with van der Waals surface area (Å²) in [4.78, 5) is 39.5. The Balaban J connectivity index is 1.35. The Labute approximate surface area is 179 Å². The highest BCUT2D eigenvalue weighted by molar-refractivity contribution is 5.97. The molecule has 0 unspecified atom stereocenters. The lowest BCUT2D eigenvalue weighted by Crippen LogP contribution is -2.38. The summed E-state index contributed by atoms with van der Waals surface area (Å²) in [6.07, 6.45) is 5.51. The van der Waals surface area contributed by atoms with Crippen LogP contribution >= 0.6 is 0 Å². The Bertz CT molecular complexity index is 1080. The smallest absolute Gasteiger partial charge is 0.251 e. The van der Waals surface area contributed by atoms with Gasteiger partial charge in [-0.25, -0.2) is 0 Å². The third-order valence-corrected chi connectivity index (χ3v) is 5.48. The second-order valence-corrected chi connectivity index (χ2v) is 7.59. The molecule has 31 heavy (non-hydrogen) atoms. The maximum atomic E-state index is 12.7. The maximum absolute atomic E-state index is 12.7. The predicted molar refractivity (Wildman–Crippen MR) is 115 cm³/mol. The predicted octanol–water partition coefficient (Wildman–Crippen LogP) is 1.18. The number of nitrogens with zero attached hydrogens (tertiary/aromatic N) is 7. The number of nitrogens with one attached hydrogen (secondary N) is 1. The molecule has 1 amide bonds. The van der Waals surface area contributed by atoms with E-state index in [1.165, 1.54) is 0 Å². The van der Waals surface area contributed by atoms with Crippen molar-refractivity contribution in [3.63, 3.8) is 0 Å². The molecule has 2 fully saturated rings. The Morgan fingerprint density at radius 2 is 1.58 bits per heavy atom. The van der Waals surface area contributed by atoms with Crippen LogP contribution in [0.5, 0.6) is 0 Å². The first kappa shape index (κ1) is 19.6. The number of carbonyl (C=O) groups is 1. The molecular formula is C21H24N8O2. The highest BCUT2D eigenvalue weighted by Gasteiger charge is 2.21. The third-order valence-electron chi connectivity index (χ3n) is 5.48. The molecule has 0 radical (unpaired) electrons. The van der Waals surface area contributed by atoms with Crippen LogP contribution in [-0.4, -0.2) is 70.2 Å².